The van der Waals surface area contributed by atoms with Gasteiger partial charge in [0.25, 0.3) is 0 Å². The summed E-state index contributed by atoms with van der Waals surface area (Å²) in [7, 11) is 0. The first kappa shape index (κ1) is 12.7. The molecule has 0 spiro atoms. The van der Waals surface area contributed by atoms with Crippen LogP contribution in [0.1, 0.15) is 43.2 Å². The van der Waals surface area contributed by atoms with Gasteiger partial charge in [0.05, 0.1) is 6.04 Å². The smallest absolute Gasteiger partial charge is 0.226 e. The van der Waals surface area contributed by atoms with E-state index >= 15 is 0 Å². The summed E-state index contributed by atoms with van der Waals surface area (Å²) in [6.45, 7) is 4.29. The predicted molar refractivity (Wildman–Crippen MR) is 70.6 cm³/mol. The maximum atomic E-state index is 12.6. The van der Waals surface area contributed by atoms with Crippen molar-refractivity contribution in [2.24, 2.45) is 5.92 Å². The molecule has 5 nitrogen and oxygen atoms in total. The molecule has 2 saturated heterocycles. The van der Waals surface area contributed by atoms with E-state index in [0.717, 1.165) is 57.0 Å². The number of imidazole rings is 1. The minimum Gasteiger partial charge on any atom is -0.381 e. The molecule has 0 aromatic carbocycles. The Labute approximate surface area is 113 Å². The van der Waals surface area contributed by atoms with Crippen LogP contribution >= 0.6 is 0 Å². The number of carbonyl (C=O) groups excluding carboxylic acids is 1. The number of ether oxygens (including phenoxy) is 1. The van der Waals surface area contributed by atoms with Gasteiger partial charge in [-0.2, -0.15) is 0 Å². The van der Waals surface area contributed by atoms with E-state index < -0.39 is 0 Å². The number of H-pyrrole nitrogens is 1. The van der Waals surface area contributed by atoms with Crippen molar-refractivity contribution >= 4 is 5.91 Å². The van der Waals surface area contributed by atoms with E-state index in [9.17, 15) is 4.79 Å². The zero-order chi connectivity index (χ0) is 13.2. The lowest BCUT2D eigenvalue weighted by Crippen LogP contribution is -2.38. The summed E-state index contributed by atoms with van der Waals surface area (Å²) < 4.78 is 5.34. The van der Waals surface area contributed by atoms with Crippen molar-refractivity contribution in [1.29, 1.82) is 0 Å². The van der Waals surface area contributed by atoms with Gasteiger partial charge in [0, 0.05) is 37.6 Å². The predicted octanol–water partition coefficient (Wildman–Crippen LogP) is 1.81. The summed E-state index contributed by atoms with van der Waals surface area (Å²) in [6, 6.07) is 0.143. The SMILES string of the molecule is Cc1cnc(C2CCCN2C(=O)C2CCOCC2)[nH]1. The van der Waals surface area contributed by atoms with Crippen molar-refractivity contribution in [2.45, 2.75) is 38.6 Å². The van der Waals surface area contributed by atoms with Gasteiger partial charge in [-0.25, -0.2) is 4.98 Å². The highest BCUT2D eigenvalue weighted by molar-refractivity contribution is 5.79. The molecule has 0 aliphatic carbocycles. The summed E-state index contributed by atoms with van der Waals surface area (Å²) in [5.74, 6) is 1.38. The minimum atomic E-state index is 0.143. The first-order valence-corrected chi connectivity index (χ1v) is 7.15. The third-order valence-electron chi connectivity index (χ3n) is 4.14. The molecule has 1 unspecified atom stereocenters. The highest BCUT2D eigenvalue weighted by atomic mass is 16.5. The summed E-state index contributed by atoms with van der Waals surface area (Å²) in [6.07, 6.45) is 5.64. The summed E-state index contributed by atoms with van der Waals surface area (Å²) >= 11 is 0. The van der Waals surface area contributed by atoms with Gasteiger partial charge in [0.1, 0.15) is 5.82 Å². The Balaban J connectivity index is 1.73. The van der Waals surface area contributed by atoms with Crippen molar-refractivity contribution in [3.05, 3.63) is 17.7 Å². The van der Waals surface area contributed by atoms with Gasteiger partial charge < -0.3 is 14.6 Å². The van der Waals surface area contributed by atoms with E-state index in [1.807, 2.05) is 18.0 Å². The highest BCUT2D eigenvalue weighted by Crippen LogP contribution is 2.32. The van der Waals surface area contributed by atoms with E-state index in [4.69, 9.17) is 4.74 Å². The Morgan fingerprint density at radius 2 is 2.21 bits per heavy atom. The molecule has 104 valence electrons. The van der Waals surface area contributed by atoms with E-state index in [1.165, 1.54) is 0 Å². The van der Waals surface area contributed by atoms with Crippen LogP contribution in [0.5, 0.6) is 0 Å². The van der Waals surface area contributed by atoms with E-state index in [1.54, 1.807) is 0 Å². The molecule has 2 aliphatic rings. The van der Waals surface area contributed by atoms with Crippen LogP contribution < -0.4 is 0 Å². The van der Waals surface area contributed by atoms with Crippen LogP contribution in [0.3, 0.4) is 0 Å². The number of aromatic nitrogens is 2. The summed E-state index contributed by atoms with van der Waals surface area (Å²) in [5, 5.41) is 0. The first-order valence-electron chi connectivity index (χ1n) is 7.15. The average Bonchev–Trinajstić information content (AvgIpc) is 3.07. The molecule has 1 atom stereocenters. The average molecular weight is 263 g/mol. The van der Waals surface area contributed by atoms with Crippen molar-refractivity contribution in [2.75, 3.05) is 19.8 Å². The number of aromatic amines is 1. The van der Waals surface area contributed by atoms with E-state index in [2.05, 4.69) is 9.97 Å². The van der Waals surface area contributed by atoms with Gasteiger partial charge in [0.15, 0.2) is 0 Å². The molecule has 2 aliphatic heterocycles. The molecule has 3 rings (SSSR count). The lowest BCUT2D eigenvalue weighted by Gasteiger charge is -2.29. The van der Waals surface area contributed by atoms with Crippen molar-refractivity contribution in [3.63, 3.8) is 0 Å². The number of aryl methyl sites for hydroxylation is 1. The lowest BCUT2D eigenvalue weighted by atomic mass is 9.98. The lowest BCUT2D eigenvalue weighted by molar-refractivity contribution is -0.139. The fourth-order valence-corrected chi connectivity index (χ4v) is 3.10. The largest absolute Gasteiger partial charge is 0.381 e. The van der Waals surface area contributed by atoms with Gasteiger partial charge >= 0.3 is 0 Å². The number of nitrogens with one attached hydrogen (secondary N) is 1. The Bertz CT molecular complexity index is 451. The third kappa shape index (κ3) is 2.52. The van der Waals surface area contributed by atoms with Crippen LogP contribution in [-0.2, 0) is 9.53 Å². The van der Waals surface area contributed by atoms with E-state index in [-0.39, 0.29) is 12.0 Å². The van der Waals surface area contributed by atoms with Crippen LogP contribution in [0, 0.1) is 12.8 Å². The molecule has 5 heteroatoms. The van der Waals surface area contributed by atoms with Gasteiger partial charge in [-0.15, -0.1) is 0 Å². The number of carbonyl (C=O) groups is 1. The molecule has 1 aromatic heterocycles. The fraction of sp³-hybridized carbons (Fsp3) is 0.714. The second-order valence-corrected chi connectivity index (χ2v) is 5.53. The van der Waals surface area contributed by atoms with Crippen LogP contribution in [0.15, 0.2) is 6.20 Å². The Hall–Kier alpha value is -1.36. The standard InChI is InChI=1S/C14H21N3O2/c1-10-9-15-13(16-10)12-3-2-6-17(12)14(18)11-4-7-19-8-5-11/h9,11-12H,2-8H2,1H3,(H,15,16). The minimum absolute atomic E-state index is 0.143. The Morgan fingerprint density at radius 3 is 2.89 bits per heavy atom. The second-order valence-electron chi connectivity index (χ2n) is 5.53. The summed E-state index contributed by atoms with van der Waals surface area (Å²) in [4.78, 5) is 22.3. The molecule has 1 amide bonds. The number of amides is 1. The molecule has 19 heavy (non-hydrogen) atoms. The third-order valence-corrected chi connectivity index (χ3v) is 4.14. The number of hydrogen-bond acceptors (Lipinski definition) is 3. The van der Waals surface area contributed by atoms with Crippen molar-refractivity contribution < 1.29 is 9.53 Å². The number of likely N-dealkylation sites (tertiary alicyclic amines) is 1. The van der Waals surface area contributed by atoms with Crippen molar-refractivity contribution in [3.8, 4) is 0 Å². The molecule has 0 bridgehead atoms. The van der Waals surface area contributed by atoms with Gasteiger partial charge in [-0.3, -0.25) is 4.79 Å². The van der Waals surface area contributed by atoms with Crippen LogP contribution in [0.25, 0.3) is 0 Å². The number of rotatable bonds is 2. The molecule has 2 fully saturated rings. The number of hydrogen-bond donors (Lipinski definition) is 1. The van der Waals surface area contributed by atoms with Crippen molar-refractivity contribution in [1.82, 2.24) is 14.9 Å². The maximum absolute atomic E-state index is 12.6. The molecule has 3 heterocycles. The molecule has 0 radical (unpaired) electrons. The zero-order valence-corrected chi connectivity index (χ0v) is 11.4. The van der Waals surface area contributed by atoms with Crippen LogP contribution in [0.4, 0.5) is 0 Å². The Kier molecular flexibility index (Phi) is 3.55. The maximum Gasteiger partial charge on any atom is 0.226 e. The van der Waals surface area contributed by atoms with Gasteiger partial charge in [-0.1, -0.05) is 0 Å². The highest BCUT2D eigenvalue weighted by Gasteiger charge is 2.35. The molecular formula is C14H21N3O2. The molecule has 1 aromatic rings. The van der Waals surface area contributed by atoms with Gasteiger partial charge in [-0.05, 0) is 32.6 Å². The fourth-order valence-electron chi connectivity index (χ4n) is 3.10. The normalized spacial score (nSPS) is 24.9. The van der Waals surface area contributed by atoms with E-state index in [0.29, 0.717) is 5.91 Å². The first-order chi connectivity index (χ1) is 9.25. The second kappa shape index (κ2) is 5.33. The Morgan fingerprint density at radius 1 is 1.42 bits per heavy atom. The van der Waals surface area contributed by atoms with Crippen LogP contribution in [-0.4, -0.2) is 40.5 Å². The molecule has 0 saturated carbocycles. The summed E-state index contributed by atoms with van der Waals surface area (Å²) in [5.41, 5.74) is 1.06. The van der Waals surface area contributed by atoms with Gasteiger partial charge in [0.2, 0.25) is 5.91 Å². The van der Waals surface area contributed by atoms with Crippen LogP contribution in [0.2, 0.25) is 0 Å². The molecular weight excluding hydrogens is 242 g/mol. The topological polar surface area (TPSA) is 58.2 Å². The zero-order valence-electron chi connectivity index (χ0n) is 11.4. The molecule has 1 N–H and O–H groups in total. The monoisotopic (exact) mass is 263 g/mol. The quantitative estimate of drug-likeness (QED) is 0.885. The number of nitrogens with zero attached hydrogens (tertiary/aromatic N) is 2.